The van der Waals surface area contributed by atoms with E-state index in [0.29, 0.717) is 60.1 Å². The second-order valence-electron chi connectivity index (χ2n) is 10.7. The Morgan fingerprint density at radius 2 is 1.42 bits per heavy atom. The molecular formula is C36H41NO7S. The van der Waals surface area contributed by atoms with Crippen LogP contribution in [0.5, 0.6) is 17.2 Å². The quantitative estimate of drug-likeness (QED) is 0.130. The van der Waals surface area contributed by atoms with Crippen molar-refractivity contribution in [1.29, 1.82) is 0 Å². The first kappa shape index (κ1) is 33.6. The van der Waals surface area contributed by atoms with Crippen molar-refractivity contribution >= 4 is 16.0 Å². The molecule has 0 spiro atoms. The molecule has 45 heavy (non-hydrogen) atoms. The molecule has 0 aliphatic rings. The fourth-order valence-electron chi connectivity index (χ4n) is 4.90. The lowest BCUT2D eigenvalue weighted by atomic mass is 10.0. The van der Waals surface area contributed by atoms with Crippen molar-refractivity contribution in [1.82, 2.24) is 4.31 Å². The normalized spacial score (nSPS) is 11.3. The molecule has 4 aromatic rings. The summed E-state index contributed by atoms with van der Waals surface area (Å²) >= 11 is 0. The zero-order chi connectivity index (χ0) is 32.4. The first-order valence-corrected chi connectivity index (χ1v) is 16.4. The van der Waals surface area contributed by atoms with E-state index in [0.717, 1.165) is 29.5 Å². The second kappa shape index (κ2) is 15.6. The first-order chi connectivity index (χ1) is 21.7. The number of nitrogens with zero attached hydrogens (tertiary/aromatic N) is 1. The largest absolute Gasteiger partial charge is 0.493 e. The summed E-state index contributed by atoms with van der Waals surface area (Å²) in [5.41, 5.74) is 4.85. The number of methoxy groups -OCH3 is 3. The van der Waals surface area contributed by atoms with Gasteiger partial charge in [-0.1, -0.05) is 61.4 Å². The van der Waals surface area contributed by atoms with Crippen molar-refractivity contribution in [3.05, 3.63) is 107 Å². The van der Waals surface area contributed by atoms with Crippen LogP contribution in [-0.4, -0.2) is 53.1 Å². The van der Waals surface area contributed by atoms with E-state index < -0.39 is 16.0 Å². The zero-order valence-electron chi connectivity index (χ0n) is 26.5. The lowest BCUT2D eigenvalue weighted by Gasteiger charge is -2.22. The van der Waals surface area contributed by atoms with E-state index in [4.69, 9.17) is 18.9 Å². The van der Waals surface area contributed by atoms with Crippen LogP contribution < -0.4 is 14.2 Å². The highest BCUT2D eigenvalue weighted by Gasteiger charge is 2.24. The van der Waals surface area contributed by atoms with Crippen molar-refractivity contribution in [3.63, 3.8) is 0 Å². The van der Waals surface area contributed by atoms with E-state index in [2.05, 4.69) is 0 Å². The monoisotopic (exact) mass is 631 g/mol. The van der Waals surface area contributed by atoms with E-state index >= 15 is 0 Å². The summed E-state index contributed by atoms with van der Waals surface area (Å²) in [6.07, 6.45) is 2.12. The fraction of sp³-hybridized carbons (Fsp3) is 0.306. The summed E-state index contributed by atoms with van der Waals surface area (Å²) < 4.78 is 51.1. The Bertz CT molecular complexity index is 1680. The Morgan fingerprint density at radius 3 is 2.07 bits per heavy atom. The van der Waals surface area contributed by atoms with Gasteiger partial charge >= 0.3 is 5.97 Å². The summed E-state index contributed by atoms with van der Waals surface area (Å²) in [6, 6.07) is 25.5. The van der Waals surface area contributed by atoms with Crippen molar-refractivity contribution in [2.24, 2.45) is 0 Å². The molecule has 0 fully saturated rings. The Kier molecular flexibility index (Phi) is 11.6. The summed E-state index contributed by atoms with van der Waals surface area (Å²) in [4.78, 5) is 12.5. The molecule has 0 N–H and O–H groups in total. The maximum Gasteiger partial charge on any atom is 0.337 e. The van der Waals surface area contributed by atoms with E-state index in [1.807, 2.05) is 56.3 Å². The van der Waals surface area contributed by atoms with Crippen molar-refractivity contribution in [3.8, 4) is 28.4 Å². The third kappa shape index (κ3) is 8.44. The Labute approximate surface area is 266 Å². The molecule has 4 aromatic carbocycles. The molecule has 0 aromatic heterocycles. The minimum atomic E-state index is -3.78. The van der Waals surface area contributed by atoms with Crippen molar-refractivity contribution in [2.45, 2.75) is 44.6 Å². The highest BCUT2D eigenvalue weighted by atomic mass is 32.2. The average Bonchev–Trinajstić information content (AvgIpc) is 3.07. The summed E-state index contributed by atoms with van der Waals surface area (Å²) in [5.74, 6) is 1.32. The lowest BCUT2D eigenvalue weighted by Crippen LogP contribution is -2.34. The fourth-order valence-corrected chi connectivity index (χ4v) is 6.38. The Balaban J connectivity index is 1.59. The highest BCUT2D eigenvalue weighted by molar-refractivity contribution is 7.89. The number of rotatable bonds is 15. The number of esters is 1. The molecule has 0 atom stereocenters. The maximum atomic E-state index is 13.9. The van der Waals surface area contributed by atoms with Gasteiger partial charge < -0.3 is 18.9 Å². The predicted octanol–water partition coefficient (Wildman–Crippen LogP) is 7.08. The van der Waals surface area contributed by atoms with Gasteiger partial charge in [-0.15, -0.1) is 0 Å². The van der Waals surface area contributed by atoms with Crippen LogP contribution in [0.1, 0.15) is 46.8 Å². The number of carbonyl (C=O) groups is 1. The molecule has 0 unspecified atom stereocenters. The highest BCUT2D eigenvalue weighted by Crippen LogP contribution is 2.33. The van der Waals surface area contributed by atoms with Crippen LogP contribution in [-0.2, 0) is 27.8 Å². The molecule has 0 bridgehead atoms. The molecule has 0 radical (unpaired) electrons. The molecule has 8 nitrogen and oxygen atoms in total. The number of ether oxygens (including phenoxy) is 4. The van der Waals surface area contributed by atoms with Crippen molar-refractivity contribution in [2.75, 3.05) is 34.4 Å². The second-order valence-corrected chi connectivity index (χ2v) is 12.6. The summed E-state index contributed by atoms with van der Waals surface area (Å²) in [5, 5.41) is 0. The number of hydrogen-bond acceptors (Lipinski definition) is 7. The topological polar surface area (TPSA) is 91.4 Å². The van der Waals surface area contributed by atoms with Crippen LogP contribution in [0, 0.1) is 6.92 Å². The Hall–Kier alpha value is -4.34. The van der Waals surface area contributed by atoms with Crippen LogP contribution in [0.3, 0.4) is 0 Å². The molecular weight excluding hydrogens is 590 g/mol. The standard InChI is InChI=1S/C36H41NO7S/c1-6-7-21-37(22-20-27-12-18-34(41-3)35(23-27)42-4)45(39,40)31-16-13-29(14-17-31)32-24-30(36(38)43-5)15-19-33(32)44-25-28-10-8-26(2)9-11-28/h8-19,23-24H,6-7,20-22,25H2,1-5H3. The minimum Gasteiger partial charge on any atom is -0.493 e. The molecule has 0 saturated heterocycles. The SMILES string of the molecule is CCCCN(CCc1ccc(OC)c(OC)c1)S(=O)(=O)c1ccc(-c2cc(C(=O)OC)ccc2OCc2ccc(C)cc2)cc1. The number of aryl methyl sites for hydroxylation is 1. The van der Waals surface area contributed by atoms with Crippen LogP contribution >= 0.6 is 0 Å². The van der Waals surface area contributed by atoms with E-state index in [9.17, 15) is 13.2 Å². The van der Waals surface area contributed by atoms with E-state index in [-0.39, 0.29) is 4.90 Å². The third-order valence-corrected chi connectivity index (χ3v) is 9.49. The van der Waals surface area contributed by atoms with Gasteiger partial charge in [-0.2, -0.15) is 4.31 Å². The van der Waals surface area contributed by atoms with E-state index in [1.54, 1.807) is 56.7 Å². The summed E-state index contributed by atoms with van der Waals surface area (Å²) in [7, 11) is 0.706. The van der Waals surface area contributed by atoms with Crippen LogP contribution in [0.2, 0.25) is 0 Å². The molecule has 238 valence electrons. The Morgan fingerprint density at radius 1 is 0.756 bits per heavy atom. The lowest BCUT2D eigenvalue weighted by molar-refractivity contribution is 0.0600. The molecule has 0 aliphatic carbocycles. The number of sulfonamides is 1. The smallest absolute Gasteiger partial charge is 0.337 e. The first-order valence-electron chi connectivity index (χ1n) is 14.9. The van der Waals surface area contributed by atoms with Gasteiger partial charge in [0.2, 0.25) is 10.0 Å². The van der Waals surface area contributed by atoms with Crippen molar-refractivity contribution < 1.29 is 32.2 Å². The van der Waals surface area contributed by atoms with Gasteiger partial charge in [-0.25, -0.2) is 13.2 Å². The average molecular weight is 632 g/mol. The number of benzene rings is 4. The summed E-state index contributed by atoms with van der Waals surface area (Å²) in [6.45, 7) is 5.13. The molecule has 0 saturated carbocycles. The molecule has 0 amide bonds. The zero-order valence-corrected chi connectivity index (χ0v) is 27.4. The number of unbranched alkanes of at least 4 members (excludes halogenated alkanes) is 1. The van der Waals surface area contributed by atoms with E-state index in [1.165, 1.54) is 11.4 Å². The van der Waals surface area contributed by atoms with Gasteiger partial charge in [0, 0.05) is 18.7 Å². The number of carbonyl (C=O) groups excluding carboxylic acids is 1. The number of hydrogen-bond donors (Lipinski definition) is 0. The van der Waals surface area contributed by atoms with Gasteiger partial charge in [0.05, 0.1) is 31.8 Å². The van der Waals surface area contributed by atoms with Crippen LogP contribution in [0.25, 0.3) is 11.1 Å². The predicted molar refractivity (Wildman–Crippen MR) is 176 cm³/mol. The maximum absolute atomic E-state index is 13.9. The molecule has 0 heterocycles. The van der Waals surface area contributed by atoms with Gasteiger partial charge in [0.1, 0.15) is 12.4 Å². The van der Waals surface area contributed by atoms with Gasteiger partial charge in [-0.05, 0) is 78.9 Å². The molecule has 9 heteroatoms. The van der Waals surface area contributed by atoms with Gasteiger partial charge in [0.25, 0.3) is 0 Å². The molecule has 0 aliphatic heterocycles. The van der Waals surface area contributed by atoms with Gasteiger partial charge in [-0.3, -0.25) is 0 Å². The van der Waals surface area contributed by atoms with Crippen LogP contribution in [0.15, 0.2) is 89.8 Å². The third-order valence-electron chi connectivity index (χ3n) is 7.58. The van der Waals surface area contributed by atoms with Gasteiger partial charge in [0.15, 0.2) is 11.5 Å². The minimum absolute atomic E-state index is 0.195. The molecule has 4 rings (SSSR count). The van der Waals surface area contributed by atoms with Crippen LogP contribution in [0.4, 0.5) is 0 Å².